The van der Waals surface area contributed by atoms with E-state index in [9.17, 15) is 4.79 Å². The number of hydrogen-bond acceptors (Lipinski definition) is 5. The Hall–Kier alpha value is -1.28. The number of morpholine rings is 1. The van der Waals surface area contributed by atoms with Gasteiger partial charge in [0, 0.05) is 30.2 Å². The first kappa shape index (κ1) is 21.4. The van der Waals surface area contributed by atoms with Crippen molar-refractivity contribution < 1.29 is 9.53 Å². The van der Waals surface area contributed by atoms with Crippen molar-refractivity contribution in [3.8, 4) is 11.4 Å². The van der Waals surface area contributed by atoms with Gasteiger partial charge in [0.25, 0.3) is 0 Å². The van der Waals surface area contributed by atoms with E-state index < -0.39 is 0 Å². The number of amides is 1. The molecule has 6 nitrogen and oxygen atoms in total. The summed E-state index contributed by atoms with van der Waals surface area (Å²) >= 11 is 13.8. The molecule has 1 fully saturated rings. The van der Waals surface area contributed by atoms with Gasteiger partial charge in [-0.05, 0) is 31.0 Å². The maximum absolute atomic E-state index is 12.6. The van der Waals surface area contributed by atoms with E-state index >= 15 is 0 Å². The van der Waals surface area contributed by atoms with Crippen LogP contribution in [0.3, 0.4) is 0 Å². The number of carbonyl (C=O) groups excluding carboxylic acids is 1. The molecule has 1 aliphatic rings. The zero-order valence-electron chi connectivity index (χ0n) is 16.2. The summed E-state index contributed by atoms with van der Waals surface area (Å²) in [4.78, 5) is 14.4. The predicted molar refractivity (Wildman–Crippen MR) is 113 cm³/mol. The smallest absolute Gasteiger partial charge is 0.233 e. The number of aromatic nitrogens is 3. The number of nitrogens with zero attached hydrogens (tertiary/aromatic N) is 4. The molecule has 152 valence electrons. The summed E-state index contributed by atoms with van der Waals surface area (Å²) in [6.07, 6.45) is 0.0749. The first-order chi connectivity index (χ1) is 13.3. The van der Waals surface area contributed by atoms with E-state index in [1.807, 2.05) is 22.5 Å². The first-order valence-corrected chi connectivity index (χ1v) is 11.0. The summed E-state index contributed by atoms with van der Waals surface area (Å²) in [5, 5.41) is 10.5. The molecular formula is C19H24Cl2N4O2S. The third kappa shape index (κ3) is 5.20. The summed E-state index contributed by atoms with van der Waals surface area (Å²) in [5.74, 6) is 1.48. The lowest BCUT2D eigenvalue weighted by Gasteiger charge is -2.31. The van der Waals surface area contributed by atoms with E-state index in [4.69, 9.17) is 27.9 Å². The van der Waals surface area contributed by atoms with Gasteiger partial charge in [0.15, 0.2) is 11.0 Å². The highest BCUT2D eigenvalue weighted by molar-refractivity contribution is 7.99. The highest BCUT2D eigenvalue weighted by atomic mass is 35.5. The molecule has 1 aromatic carbocycles. The van der Waals surface area contributed by atoms with Crippen molar-refractivity contribution in [1.29, 1.82) is 0 Å². The van der Waals surface area contributed by atoms with Crippen LogP contribution < -0.4 is 0 Å². The number of carbonyl (C=O) groups is 1. The summed E-state index contributed by atoms with van der Waals surface area (Å²) < 4.78 is 7.53. The minimum Gasteiger partial charge on any atom is -0.375 e. The van der Waals surface area contributed by atoms with Crippen molar-refractivity contribution in [3.63, 3.8) is 0 Å². The monoisotopic (exact) mass is 442 g/mol. The fourth-order valence-electron chi connectivity index (χ4n) is 3.06. The molecular weight excluding hydrogens is 419 g/mol. The molecule has 0 aliphatic carbocycles. The molecule has 1 amide bonds. The van der Waals surface area contributed by atoms with E-state index in [-0.39, 0.29) is 12.0 Å². The second-order valence-corrected chi connectivity index (χ2v) is 9.03. The molecule has 3 rings (SSSR count). The molecule has 1 unspecified atom stereocenters. The van der Waals surface area contributed by atoms with Gasteiger partial charge in [0.2, 0.25) is 5.91 Å². The van der Waals surface area contributed by atoms with Gasteiger partial charge in [-0.15, -0.1) is 10.2 Å². The fourth-order valence-corrected chi connectivity index (χ4v) is 4.40. The lowest BCUT2D eigenvalue weighted by Crippen LogP contribution is -2.45. The van der Waals surface area contributed by atoms with Gasteiger partial charge in [-0.1, -0.05) is 48.8 Å². The lowest BCUT2D eigenvalue weighted by atomic mass is 10.2. The van der Waals surface area contributed by atoms with Crippen LogP contribution in [0.5, 0.6) is 0 Å². The Labute approximate surface area is 179 Å². The molecule has 9 heteroatoms. The maximum Gasteiger partial charge on any atom is 0.233 e. The van der Waals surface area contributed by atoms with Crippen LogP contribution in [-0.2, 0) is 16.1 Å². The van der Waals surface area contributed by atoms with E-state index in [0.29, 0.717) is 52.4 Å². The standard InChI is InChI=1S/C19H24Cl2N4O2S/c1-12(2)9-25-18(15-5-4-14(20)8-16(15)21)22-23-19(25)28-11-17(26)24-6-7-27-13(3)10-24/h4-5,8,12-13H,6-7,9-11H2,1-3H3. The average Bonchev–Trinajstić information content (AvgIpc) is 3.01. The van der Waals surface area contributed by atoms with Gasteiger partial charge in [0.05, 0.1) is 23.5 Å². The van der Waals surface area contributed by atoms with Crippen LogP contribution in [-0.4, -0.2) is 57.1 Å². The predicted octanol–water partition coefficient (Wildman–Crippen LogP) is 4.25. The fraction of sp³-hybridized carbons (Fsp3) is 0.526. The van der Waals surface area contributed by atoms with Crippen LogP contribution in [0.2, 0.25) is 10.0 Å². The molecule has 0 radical (unpaired) electrons. The molecule has 0 bridgehead atoms. The molecule has 0 spiro atoms. The molecule has 1 aromatic heterocycles. The van der Waals surface area contributed by atoms with Gasteiger partial charge in [-0.2, -0.15) is 0 Å². The third-order valence-corrected chi connectivity index (χ3v) is 5.85. The van der Waals surface area contributed by atoms with Crippen LogP contribution in [0.25, 0.3) is 11.4 Å². The Morgan fingerprint density at radius 2 is 2.14 bits per heavy atom. The Morgan fingerprint density at radius 3 is 2.82 bits per heavy atom. The number of thioether (sulfide) groups is 1. The molecule has 1 saturated heterocycles. The summed E-state index contributed by atoms with van der Waals surface area (Å²) in [6.45, 7) is 8.81. The maximum atomic E-state index is 12.6. The molecule has 2 aromatic rings. The molecule has 28 heavy (non-hydrogen) atoms. The Kier molecular flexibility index (Phi) is 7.25. The van der Waals surface area contributed by atoms with Crippen molar-refractivity contribution >= 4 is 40.9 Å². The second kappa shape index (κ2) is 9.48. The summed E-state index contributed by atoms with van der Waals surface area (Å²) in [6, 6.07) is 5.33. The van der Waals surface area contributed by atoms with Gasteiger partial charge in [-0.3, -0.25) is 4.79 Å². The molecule has 1 aliphatic heterocycles. The quantitative estimate of drug-likeness (QED) is 0.625. The Bertz CT molecular complexity index is 843. The SMILES string of the molecule is CC(C)Cn1c(SCC(=O)N2CCOC(C)C2)nnc1-c1ccc(Cl)cc1Cl. The third-order valence-electron chi connectivity index (χ3n) is 4.36. The topological polar surface area (TPSA) is 60.2 Å². The Morgan fingerprint density at radius 1 is 1.36 bits per heavy atom. The van der Waals surface area contributed by atoms with E-state index in [2.05, 4.69) is 24.0 Å². The number of halogens is 2. The van der Waals surface area contributed by atoms with Crippen LogP contribution in [0, 0.1) is 5.92 Å². The summed E-state index contributed by atoms with van der Waals surface area (Å²) in [5.41, 5.74) is 0.777. The minimum absolute atomic E-state index is 0.0749. The summed E-state index contributed by atoms with van der Waals surface area (Å²) in [7, 11) is 0. The van der Waals surface area contributed by atoms with E-state index in [0.717, 1.165) is 12.1 Å². The van der Waals surface area contributed by atoms with Crippen molar-refractivity contribution in [1.82, 2.24) is 19.7 Å². The largest absolute Gasteiger partial charge is 0.375 e. The van der Waals surface area contributed by atoms with Gasteiger partial charge in [0.1, 0.15) is 0 Å². The van der Waals surface area contributed by atoms with Crippen molar-refractivity contribution in [2.45, 2.75) is 38.6 Å². The number of hydrogen-bond donors (Lipinski definition) is 0. The second-order valence-electron chi connectivity index (χ2n) is 7.24. The number of benzene rings is 1. The average molecular weight is 443 g/mol. The normalized spacial score (nSPS) is 17.4. The van der Waals surface area contributed by atoms with Crippen LogP contribution in [0.1, 0.15) is 20.8 Å². The van der Waals surface area contributed by atoms with Crippen LogP contribution in [0.15, 0.2) is 23.4 Å². The number of rotatable bonds is 6. The molecule has 2 heterocycles. The van der Waals surface area contributed by atoms with Crippen molar-refractivity contribution in [3.05, 3.63) is 28.2 Å². The highest BCUT2D eigenvalue weighted by Gasteiger charge is 2.23. The number of ether oxygens (including phenoxy) is 1. The first-order valence-electron chi connectivity index (χ1n) is 9.26. The minimum atomic E-state index is 0.0749. The zero-order valence-corrected chi connectivity index (χ0v) is 18.5. The van der Waals surface area contributed by atoms with Gasteiger partial charge >= 0.3 is 0 Å². The molecule has 0 N–H and O–H groups in total. The van der Waals surface area contributed by atoms with Gasteiger partial charge in [-0.25, -0.2) is 0 Å². The zero-order chi connectivity index (χ0) is 20.3. The molecule has 1 atom stereocenters. The molecule has 0 saturated carbocycles. The van der Waals surface area contributed by atoms with Crippen LogP contribution >= 0.6 is 35.0 Å². The highest BCUT2D eigenvalue weighted by Crippen LogP contribution is 2.32. The lowest BCUT2D eigenvalue weighted by molar-refractivity contribution is -0.135. The van der Waals surface area contributed by atoms with E-state index in [1.165, 1.54) is 11.8 Å². The Balaban J connectivity index is 1.79. The van der Waals surface area contributed by atoms with Crippen molar-refractivity contribution in [2.24, 2.45) is 5.92 Å². The van der Waals surface area contributed by atoms with Gasteiger partial charge < -0.3 is 14.2 Å². The van der Waals surface area contributed by atoms with Crippen LogP contribution in [0.4, 0.5) is 0 Å². The van der Waals surface area contributed by atoms with E-state index in [1.54, 1.807) is 12.1 Å². The van der Waals surface area contributed by atoms with Crippen molar-refractivity contribution in [2.75, 3.05) is 25.4 Å².